The van der Waals surface area contributed by atoms with Crippen LogP contribution in [0.5, 0.6) is 5.75 Å². The quantitative estimate of drug-likeness (QED) is 0.797. The molecule has 1 aliphatic rings. The maximum Gasteiger partial charge on any atom is 0.240 e. The Kier molecular flexibility index (Phi) is 4.52. The predicted octanol–water partition coefficient (Wildman–Crippen LogP) is 0.650. The maximum atomic E-state index is 12.3. The topological polar surface area (TPSA) is 84.7 Å². The van der Waals surface area contributed by atoms with Gasteiger partial charge in [-0.25, -0.2) is 13.1 Å². The van der Waals surface area contributed by atoms with Gasteiger partial charge in [0.25, 0.3) is 0 Å². The van der Waals surface area contributed by atoms with Crippen LogP contribution in [-0.4, -0.2) is 46.6 Å². The number of anilines is 1. The zero-order valence-corrected chi connectivity index (χ0v) is 12.6. The number of likely N-dealkylation sites (N-methyl/N-ethyl adjacent to an activating group) is 1. The molecule has 20 heavy (non-hydrogen) atoms. The van der Waals surface area contributed by atoms with Crippen molar-refractivity contribution in [3.8, 4) is 5.75 Å². The van der Waals surface area contributed by atoms with Crippen LogP contribution < -0.4 is 15.2 Å². The van der Waals surface area contributed by atoms with Crippen molar-refractivity contribution in [3.63, 3.8) is 0 Å². The normalized spacial score (nSPS) is 20.8. The van der Waals surface area contributed by atoms with E-state index in [2.05, 4.69) is 9.62 Å². The van der Waals surface area contributed by atoms with Crippen molar-refractivity contribution in [2.24, 2.45) is 0 Å². The van der Waals surface area contributed by atoms with Crippen LogP contribution in [0.25, 0.3) is 0 Å². The molecule has 0 amide bonds. The number of ether oxygens (including phenoxy) is 1. The van der Waals surface area contributed by atoms with Gasteiger partial charge in [-0.2, -0.15) is 0 Å². The second kappa shape index (κ2) is 5.99. The summed E-state index contributed by atoms with van der Waals surface area (Å²) in [5.74, 6) is 0.473. The number of methoxy groups -OCH3 is 1. The van der Waals surface area contributed by atoms with E-state index in [0.29, 0.717) is 11.4 Å². The third kappa shape index (κ3) is 3.41. The molecule has 6 nitrogen and oxygen atoms in total. The van der Waals surface area contributed by atoms with Gasteiger partial charge in [0.15, 0.2) is 0 Å². The van der Waals surface area contributed by atoms with Crippen molar-refractivity contribution in [3.05, 3.63) is 18.2 Å². The number of piperidine rings is 1. The molecule has 0 spiro atoms. The van der Waals surface area contributed by atoms with Crippen LogP contribution in [0.1, 0.15) is 12.8 Å². The summed E-state index contributed by atoms with van der Waals surface area (Å²) >= 11 is 0. The average Bonchev–Trinajstić information content (AvgIpc) is 2.38. The number of nitrogens with one attached hydrogen (secondary N) is 1. The predicted molar refractivity (Wildman–Crippen MR) is 78.2 cm³/mol. The third-order valence-electron chi connectivity index (χ3n) is 3.46. The fourth-order valence-electron chi connectivity index (χ4n) is 2.43. The molecule has 1 saturated heterocycles. The van der Waals surface area contributed by atoms with E-state index in [-0.39, 0.29) is 10.9 Å². The number of nitrogens with two attached hydrogens (primary N) is 1. The summed E-state index contributed by atoms with van der Waals surface area (Å²) < 4.78 is 32.4. The Morgan fingerprint density at radius 3 is 2.80 bits per heavy atom. The van der Waals surface area contributed by atoms with Crippen LogP contribution in [0, 0.1) is 0 Å². The molecule has 0 saturated carbocycles. The first-order valence-corrected chi connectivity index (χ1v) is 8.05. The smallest absolute Gasteiger partial charge is 0.240 e. The highest BCUT2D eigenvalue weighted by atomic mass is 32.2. The Bertz CT molecular complexity index is 574. The molecule has 1 heterocycles. The second-order valence-electron chi connectivity index (χ2n) is 5.13. The van der Waals surface area contributed by atoms with E-state index in [9.17, 15) is 8.42 Å². The summed E-state index contributed by atoms with van der Waals surface area (Å²) in [6, 6.07) is 4.44. The number of hydrogen-bond donors (Lipinski definition) is 2. The fraction of sp³-hybridized carbons (Fsp3) is 0.538. The van der Waals surface area contributed by atoms with E-state index < -0.39 is 10.0 Å². The van der Waals surface area contributed by atoms with Crippen molar-refractivity contribution >= 4 is 15.7 Å². The number of likely N-dealkylation sites (tertiary alicyclic amines) is 1. The second-order valence-corrected chi connectivity index (χ2v) is 6.84. The lowest BCUT2D eigenvalue weighted by Gasteiger charge is -2.30. The molecule has 1 aliphatic heterocycles. The van der Waals surface area contributed by atoms with Gasteiger partial charge in [0.1, 0.15) is 5.75 Å². The van der Waals surface area contributed by atoms with Gasteiger partial charge in [-0.05, 0) is 44.6 Å². The minimum atomic E-state index is -3.54. The van der Waals surface area contributed by atoms with Gasteiger partial charge in [0.2, 0.25) is 10.0 Å². The summed E-state index contributed by atoms with van der Waals surface area (Å²) in [5, 5.41) is 0. The van der Waals surface area contributed by atoms with Gasteiger partial charge in [-0.15, -0.1) is 0 Å². The Hall–Kier alpha value is -1.31. The summed E-state index contributed by atoms with van der Waals surface area (Å²) in [5.41, 5.74) is 6.07. The first kappa shape index (κ1) is 15.1. The first-order valence-electron chi connectivity index (χ1n) is 6.57. The van der Waals surface area contributed by atoms with Crippen molar-refractivity contribution in [1.29, 1.82) is 0 Å². The molecule has 0 bridgehead atoms. The lowest BCUT2D eigenvalue weighted by Crippen LogP contribution is -2.46. The van der Waals surface area contributed by atoms with E-state index in [1.807, 2.05) is 7.05 Å². The summed E-state index contributed by atoms with van der Waals surface area (Å²) in [6.45, 7) is 1.73. The zero-order valence-electron chi connectivity index (χ0n) is 11.8. The van der Waals surface area contributed by atoms with Gasteiger partial charge in [0, 0.05) is 12.6 Å². The number of benzene rings is 1. The molecule has 112 valence electrons. The zero-order chi connectivity index (χ0) is 14.8. The molecule has 0 aliphatic carbocycles. The van der Waals surface area contributed by atoms with Gasteiger partial charge in [0.05, 0.1) is 17.7 Å². The molecular formula is C13H21N3O3S. The molecule has 1 aromatic rings. The monoisotopic (exact) mass is 299 g/mol. The van der Waals surface area contributed by atoms with Crippen molar-refractivity contribution in [2.75, 3.05) is 33.0 Å². The van der Waals surface area contributed by atoms with E-state index >= 15 is 0 Å². The molecule has 3 N–H and O–H groups in total. The highest BCUT2D eigenvalue weighted by molar-refractivity contribution is 7.89. The SMILES string of the molecule is COc1ccc(S(=O)(=O)NC2CCCN(C)C2)cc1N. The standard InChI is InChI=1S/C13H21N3O3S/c1-16-7-3-4-10(9-16)15-20(17,18)11-5-6-13(19-2)12(14)8-11/h5-6,8,10,15H,3-4,7,9,14H2,1-2H3. The molecule has 1 atom stereocenters. The lowest BCUT2D eigenvalue weighted by atomic mass is 10.1. The van der Waals surface area contributed by atoms with Crippen LogP contribution in [0.4, 0.5) is 5.69 Å². The molecule has 0 radical (unpaired) electrons. The molecule has 1 unspecified atom stereocenters. The van der Waals surface area contributed by atoms with Gasteiger partial charge < -0.3 is 15.4 Å². The van der Waals surface area contributed by atoms with Crippen LogP contribution in [-0.2, 0) is 10.0 Å². The van der Waals surface area contributed by atoms with E-state index in [1.54, 1.807) is 6.07 Å². The van der Waals surface area contributed by atoms with Gasteiger partial charge in [-0.1, -0.05) is 0 Å². The highest BCUT2D eigenvalue weighted by Crippen LogP contribution is 2.24. The van der Waals surface area contributed by atoms with Crippen molar-refractivity contribution in [1.82, 2.24) is 9.62 Å². The van der Waals surface area contributed by atoms with E-state index in [0.717, 1.165) is 25.9 Å². The number of sulfonamides is 1. The third-order valence-corrected chi connectivity index (χ3v) is 4.98. The Morgan fingerprint density at radius 2 is 2.20 bits per heavy atom. The molecule has 7 heteroatoms. The number of nitrogen functional groups attached to an aromatic ring is 1. The number of hydrogen-bond acceptors (Lipinski definition) is 5. The van der Waals surface area contributed by atoms with Crippen molar-refractivity contribution in [2.45, 2.75) is 23.8 Å². The van der Waals surface area contributed by atoms with E-state index in [1.165, 1.54) is 19.2 Å². The minimum absolute atomic E-state index is 0.0536. The van der Waals surface area contributed by atoms with Crippen LogP contribution in [0.2, 0.25) is 0 Å². The van der Waals surface area contributed by atoms with Gasteiger partial charge in [-0.3, -0.25) is 0 Å². The van der Waals surface area contributed by atoms with Crippen LogP contribution >= 0.6 is 0 Å². The molecule has 1 fully saturated rings. The highest BCUT2D eigenvalue weighted by Gasteiger charge is 2.24. The van der Waals surface area contributed by atoms with Crippen LogP contribution in [0.3, 0.4) is 0 Å². The van der Waals surface area contributed by atoms with E-state index in [4.69, 9.17) is 10.5 Å². The molecule has 1 aromatic carbocycles. The number of rotatable bonds is 4. The fourth-order valence-corrected chi connectivity index (χ4v) is 3.73. The largest absolute Gasteiger partial charge is 0.495 e. The van der Waals surface area contributed by atoms with Crippen molar-refractivity contribution < 1.29 is 13.2 Å². The number of nitrogens with zero attached hydrogens (tertiary/aromatic N) is 1. The Labute approximate surface area is 120 Å². The van der Waals surface area contributed by atoms with Gasteiger partial charge >= 0.3 is 0 Å². The Balaban J connectivity index is 2.15. The Morgan fingerprint density at radius 1 is 1.45 bits per heavy atom. The molecule has 2 rings (SSSR count). The molecule has 0 aromatic heterocycles. The summed E-state index contributed by atoms with van der Waals surface area (Å²) in [6.07, 6.45) is 1.85. The summed E-state index contributed by atoms with van der Waals surface area (Å²) in [7, 11) is -0.0551. The minimum Gasteiger partial charge on any atom is -0.495 e. The average molecular weight is 299 g/mol. The first-order chi connectivity index (χ1) is 9.42. The van der Waals surface area contributed by atoms with Crippen LogP contribution in [0.15, 0.2) is 23.1 Å². The lowest BCUT2D eigenvalue weighted by molar-refractivity contribution is 0.242. The summed E-state index contributed by atoms with van der Waals surface area (Å²) in [4.78, 5) is 2.29. The molecular weight excluding hydrogens is 278 g/mol. The maximum absolute atomic E-state index is 12.3.